The number of nitrogens with zero attached hydrogens (tertiary/aromatic N) is 1. The van der Waals surface area contributed by atoms with Crippen molar-refractivity contribution in [2.24, 2.45) is 11.8 Å². The van der Waals surface area contributed by atoms with Crippen molar-refractivity contribution in [2.45, 2.75) is 38.7 Å². The average molecular weight is 183 g/mol. The fourth-order valence-electron chi connectivity index (χ4n) is 2.63. The average Bonchev–Trinajstić information content (AvgIpc) is 1.97. The molecule has 0 aromatic rings. The molecule has 2 rings (SSSR count). The van der Waals surface area contributed by atoms with Gasteiger partial charge in [-0.3, -0.25) is 0 Å². The van der Waals surface area contributed by atoms with Gasteiger partial charge in [0.15, 0.2) is 0 Å². The Morgan fingerprint density at radius 3 is 2.46 bits per heavy atom. The molecule has 0 aromatic carbocycles. The summed E-state index contributed by atoms with van der Waals surface area (Å²) < 4.78 is 0. The Balaban J connectivity index is 1.54. The highest BCUT2D eigenvalue weighted by molar-refractivity contribution is 4.86. The first-order valence-electron chi connectivity index (χ1n) is 5.68. The van der Waals surface area contributed by atoms with Crippen LogP contribution in [0.4, 0.5) is 0 Å². The number of rotatable bonds is 4. The Kier molecular flexibility index (Phi) is 2.89. The molecule has 0 spiro atoms. The maximum Gasteiger partial charge on any atom is 0.0546 e. The summed E-state index contributed by atoms with van der Waals surface area (Å²) in [6.07, 6.45) is 4.87. The van der Waals surface area contributed by atoms with Gasteiger partial charge in [0.05, 0.1) is 6.10 Å². The lowest BCUT2D eigenvalue weighted by Gasteiger charge is -2.44. The highest BCUT2D eigenvalue weighted by atomic mass is 16.3. The van der Waals surface area contributed by atoms with Crippen LogP contribution in [0.15, 0.2) is 0 Å². The van der Waals surface area contributed by atoms with Crippen LogP contribution in [-0.4, -0.2) is 35.7 Å². The molecule has 1 saturated carbocycles. The van der Waals surface area contributed by atoms with E-state index in [1.54, 1.807) is 0 Å². The third kappa shape index (κ3) is 2.23. The Bertz CT molecular complexity index is 159. The molecular weight excluding hydrogens is 162 g/mol. The van der Waals surface area contributed by atoms with E-state index in [1.807, 2.05) is 0 Å². The molecular formula is C11H21NO. The number of likely N-dealkylation sites (tertiary alicyclic amines) is 1. The molecule has 1 aliphatic carbocycles. The van der Waals surface area contributed by atoms with Crippen molar-refractivity contribution in [3.8, 4) is 0 Å². The van der Waals surface area contributed by atoms with E-state index in [0.29, 0.717) is 0 Å². The SMILES string of the molecule is CCCC1CN(CC2CC(O)C2)C1. The Morgan fingerprint density at radius 1 is 1.23 bits per heavy atom. The van der Waals surface area contributed by atoms with Crippen molar-refractivity contribution in [3.05, 3.63) is 0 Å². The van der Waals surface area contributed by atoms with E-state index in [4.69, 9.17) is 5.11 Å². The monoisotopic (exact) mass is 183 g/mol. The number of aliphatic hydroxyl groups is 1. The molecule has 0 atom stereocenters. The van der Waals surface area contributed by atoms with E-state index in [0.717, 1.165) is 24.7 Å². The molecule has 13 heavy (non-hydrogen) atoms. The number of hydrogen-bond acceptors (Lipinski definition) is 2. The predicted molar refractivity (Wildman–Crippen MR) is 53.6 cm³/mol. The van der Waals surface area contributed by atoms with Crippen molar-refractivity contribution < 1.29 is 5.11 Å². The molecule has 0 bridgehead atoms. The number of aliphatic hydroxyl groups excluding tert-OH is 1. The lowest BCUT2D eigenvalue weighted by Crippen LogP contribution is -2.50. The summed E-state index contributed by atoms with van der Waals surface area (Å²) >= 11 is 0. The van der Waals surface area contributed by atoms with Gasteiger partial charge in [-0.1, -0.05) is 13.3 Å². The van der Waals surface area contributed by atoms with Gasteiger partial charge in [0, 0.05) is 19.6 Å². The van der Waals surface area contributed by atoms with Crippen molar-refractivity contribution in [2.75, 3.05) is 19.6 Å². The van der Waals surface area contributed by atoms with E-state index in [-0.39, 0.29) is 6.10 Å². The minimum atomic E-state index is 0.0257. The molecule has 1 aliphatic heterocycles. The maximum atomic E-state index is 9.14. The topological polar surface area (TPSA) is 23.5 Å². The molecule has 1 heterocycles. The Labute approximate surface area is 80.9 Å². The third-order valence-corrected chi connectivity index (χ3v) is 3.46. The molecule has 1 saturated heterocycles. The number of hydrogen-bond donors (Lipinski definition) is 1. The van der Waals surface area contributed by atoms with Gasteiger partial charge >= 0.3 is 0 Å². The second kappa shape index (κ2) is 3.97. The van der Waals surface area contributed by atoms with Crippen LogP contribution in [0.5, 0.6) is 0 Å². The summed E-state index contributed by atoms with van der Waals surface area (Å²) in [6, 6.07) is 0. The van der Waals surface area contributed by atoms with Gasteiger partial charge < -0.3 is 10.0 Å². The van der Waals surface area contributed by atoms with Gasteiger partial charge in [0.2, 0.25) is 0 Å². The fourth-order valence-corrected chi connectivity index (χ4v) is 2.63. The summed E-state index contributed by atoms with van der Waals surface area (Å²) in [5.41, 5.74) is 0. The van der Waals surface area contributed by atoms with Gasteiger partial charge in [0.1, 0.15) is 0 Å². The first kappa shape index (κ1) is 9.47. The van der Waals surface area contributed by atoms with Crippen LogP contribution < -0.4 is 0 Å². The lowest BCUT2D eigenvalue weighted by atomic mass is 9.81. The van der Waals surface area contributed by atoms with Gasteiger partial charge in [-0.2, -0.15) is 0 Å². The summed E-state index contributed by atoms with van der Waals surface area (Å²) in [5, 5.41) is 9.14. The van der Waals surface area contributed by atoms with Gasteiger partial charge in [-0.15, -0.1) is 0 Å². The molecule has 76 valence electrons. The quantitative estimate of drug-likeness (QED) is 0.714. The molecule has 1 N–H and O–H groups in total. The minimum absolute atomic E-state index is 0.0257. The van der Waals surface area contributed by atoms with Gasteiger partial charge in [-0.05, 0) is 31.1 Å². The molecule has 0 amide bonds. The van der Waals surface area contributed by atoms with Crippen LogP contribution in [0.1, 0.15) is 32.6 Å². The summed E-state index contributed by atoms with van der Waals surface area (Å²) in [6.45, 7) is 6.16. The smallest absolute Gasteiger partial charge is 0.0546 e. The van der Waals surface area contributed by atoms with E-state index in [2.05, 4.69) is 11.8 Å². The Hall–Kier alpha value is -0.0800. The summed E-state index contributed by atoms with van der Waals surface area (Å²) in [4.78, 5) is 2.55. The maximum absolute atomic E-state index is 9.14. The normalized spacial score (nSPS) is 35.5. The Morgan fingerprint density at radius 2 is 1.92 bits per heavy atom. The van der Waals surface area contributed by atoms with Crippen LogP contribution in [-0.2, 0) is 0 Å². The van der Waals surface area contributed by atoms with E-state index in [9.17, 15) is 0 Å². The molecule has 0 unspecified atom stereocenters. The summed E-state index contributed by atoms with van der Waals surface area (Å²) in [7, 11) is 0. The predicted octanol–water partition coefficient (Wildman–Crippen LogP) is 1.49. The standard InChI is InChI=1S/C11H21NO/c1-2-3-9-6-12(7-9)8-10-4-11(13)5-10/h9-11,13H,2-8H2,1H3. The molecule has 2 aliphatic rings. The second-order valence-corrected chi connectivity index (χ2v) is 4.86. The zero-order chi connectivity index (χ0) is 9.26. The molecule has 0 aromatic heterocycles. The third-order valence-electron chi connectivity index (χ3n) is 3.46. The van der Waals surface area contributed by atoms with Crippen molar-refractivity contribution in [3.63, 3.8) is 0 Å². The van der Waals surface area contributed by atoms with Crippen LogP contribution >= 0.6 is 0 Å². The van der Waals surface area contributed by atoms with Crippen molar-refractivity contribution in [1.29, 1.82) is 0 Å². The van der Waals surface area contributed by atoms with E-state index in [1.165, 1.54) is 32.5 Å². The van der Waals surface area contributed by atoms with E-state index < -0.39 is 0 Å². The first-order chi connectivity index (χ1) is 6.28. The van der Waals surface area contributed by atoms with Crippen LogP contribution in [0.2, 0.25) is 0 Å². The zero-order valence-electron chi connectivity index (χ0n) is 8.58. The first-order valence-corrected chi connectivity index (χ1v) is 5.68. The second-order valence-electron chi connectivity index (χ2n) is 4.86. The zero-order valence-corrected chi connectivity index (χ0v) is 8.58. The van der Waals surface area contributed by atoms with Crippen molar-refractivity contribution >= 4 is 0 Å². The highest BCUT2D eigenvalue weighted by Crippen LogP contribution is 2.30. The van der Waals surface area contributed by atoms with Crippen LogP contribution in [0, 0.1) is 11.8 Å². The van der Waals surface area contributed by atoms with Crippen LogP contribution in [0.3, 0.4) is 0 Å². The molecule has 0 radical (unpaired) electrons. The van der Waals surface area contributed by atoms with Gasteiger partial charge in [0.25, 0.3) is 0 Å². The molecule has 2 fully saturated rings. The van der Waals surface area contributed by atoms with Crippen molar-refractivity contribution in [1.82, 2.24) is 4.90 Å². The van der Waals surface area contributed by atoms with E-state index >= 15 is 0 Å². The largest absolute Gasteiger partial charge is 0.393 e. The van der Waals surface area contributed by atoms with Crippen LogP contribution in [0.25, 0.3) is 0 Å². The lowest BCUT2D eigenvalue weighted by molar-refractivity contribution is -0.00300. The minimum Gasteiger partial charge on any atom is -0.393 e. The van der Waals surface area contributed by atoms with Gasteiger partial charge in [-0.25, -0.2) is 0 Å². The fraction of sp³-hybridized carbons (Fsp3) is 1.00. The summed E-state index contributed by atoms with van der Waals surface area (Å²) in [5.74, 6) is 1.78. The molecule has 2 heteroatoms. The highest BCUT2D eigenvalue weighted by Gasteiger charge is 2.33. The molecule has 2 nitrogen and oxygen atoms in total.